The molecule has 1 aromatic rings. The van der Waals surface area contributed by atoms with Crippen LogP contribution in [0, 0.1) is 12.3 Å². The van der Waals surface area contributed by atoms with Crippen LogP contribution in [-0.2, 0) is 0 Å². The molecule has 0 aliphatic carbocycles. The van der Waals surface area contributed by atoms with Gasteiger partial charge in [-0.1, -0.05) is 31.5 Å². The fourth-order valence-corrected chi connectivity index (χ4v) is 2.83. The number of nitrogens with one attached hydrogen (secondary N) is 2. The maximum absolute atomic E-state index is 12.2. The lowest BCUT2D eigenvalue weighted by Crippen LogP contribution is -2.52. The molecular weight excluding hydrogens is 272 g/mol. The fourth-order valence-electron chi connectivity index (χ4n) is 2.65. The standard InChI is InChI=1S/C16H23ClN2O/c1-11-5-6-12(9-13(11)17)15(20)19-10-14-16(2,3)7-4-8-18-14/h5-6,9,14,18H,4,7-8,10H2,1-3H3,(H,19,20). The van der Waals surface area contributed by atoms with Gasteiger partial charge in [-0.3, -0.25) is 4.79 Å². The van der Waals surface area contributed by atoms with Crippen LogP contribution in [0.25, 0.3) is 0 Å². The Labute approximate surface area is 126 Å². The molecule has 0 aromatic heterocycles. The summed E-state index contributed by atoms with van der Waals surface area (Å²) in [6, 6.07) is 5.74. The molecule has 1 saturated heterocycles. The Morgan fingerprint density at radius 3 is 2.90 bits per heavy atom. The molecule has 0 saturated carbocycles. The monoisotopic (exact) mass is 294 g/mol. The van der Waals surface area contributed by atoms with Crippen LogP contribution >= 0.6 is 11.6 Å². The minimum atomic E-state index is -0.0601. The molecule has 20 heavy (non-hydrogen) atoms. The zero-order valence-electron chi connectivity index (χ0n) is 12.4. The number of benzene rings is 1. The average molecular weight is 295 g/mol. The van der Waals surface area contributed by atoms with Gasteiger partial charge in [-0.25, -0.2) is 0 Å². The first kappa shape index (κ1) is 15.3. The molecule has 0 bridgehead atoms. The number of carbonyl (C=O) groups is 1. The number of halogens is 1. The molecule has 1 fully saturated rings. The number of amides is 1. The summed E-state index contributed by atoms with van der Waals surface area (Å²) in [6.45, 7) is 8.10. The summed E-state index contributed by atoms with van der Waals surface area (Å²) in [4.78, 5) is 12.2. The first-order chi connectivity index (χ1) is 9.40. The Morgan fingerprint density at radius 1 is 1.50 bits per heavy atom. The summed E-state index contributed by atoms with van der Waals surface area (Å²) in [7, 11) is 0. The Morgan fingerprint density at radius 2 is 2.25 bits per heavy atom. The van der Waals surface area contributed by atoms with E-state index < -0.39 is 0 Å². The van der Waals surface area contributed by atoms with Crippen molar-refractivity contribution in [3.63, 3.8) is 0 Å². The smallest absolute Gasteiger partial charge is 0.251 e. The normalized spacial score (nSPS) is 21.5. The van der Waals surface area contributed by atoms with E-state index in [2.05, 4.69) is 24.5 Å². The Balaban J connectivity index is 1.96. The maximum atomic E-state index is 12.2. The lowest BCUT2D eigenvalue weighted by molar-refractivity contribution is 0.0929. The third-order valence-corrected chi connectivity index (χ3v) is 4.64. The Hall–Kier alpha value is -1.06. The molecule has 1 unspecified atom stereocenters. The highest BCUT2D eigenvalue weighted by Crippen LogP contribution is 2.29. The summed E-state index contributed by atoms with van der Waals surface area (Å²) < 4.78 is 0. The van der Waals surface area contributed by atoms with Gasteiger partial charge in [0.05, 0.1) is 0 Å². The second-order valence-electron chi connectivity index (χ2n) is 6.27. The van der Waals surface area contributed by atoms with E-state index in [4.69, 9.17) is 11.6 Å². The molecule has 3 nitrogen and oxygen atoms in total. The van der Waals surface area contributed by atoms with Gasteiger partial charge < -0.3 is 10.6 Å². The van der Waals surface area contributed by atoms with Gasteiger partial charge >= 0.3 is 0 Å². The summed E-state index contributed by atoms with van der Waals surface area (Å²) in [6.07, 6.45) is 2.39. The lowest BCUT2D eigenvalue weighted by Gasteiger charge is -2.39. The predicted octanol–water partition coefficient (Wildman–Crippen LogP) is 3.16. The Bertz CT molecular complexity index is 499. The summed E-state index contributed by atoms with van der Waals surface area (Å²) >= 11 is 6.06. The van der Waals surface area contributed by atoms with E-state index in [1.165, 1.54) is 12.8 Å². The highest BCUT2D eigenvalue weighted by atomic mass is 35.5. The van der Waals surface area contributed by atoms with Crippen LogP contribution < -0.4 is 10.6 Å². The number of hydrogen-bond donors (Lipinski definition) is 2. The zero-order chi connectivity index (χ0) is 14.8. The topological polar surface area (TPSA) is 41.1 Å². The quantitative estimate of drug-likeness (QED) is 0.899. The second-order valence-corrected chi connectivity index (χ2v) is 6.68. The molecule has 2 N–H and O–H groups in total. The molecule has 1 heterocycles. The van der Waals surface area contributed by atoms with Crippen molar-refractivity contribution in [3.8, 4) is 0 Å². The van der Waals surface area contributed by atoms with Gasteiger partial charge in [-0.2, -0.15) is 0 Å². The summed E-state index contributed by atoms with van der Waals surface area (Å²) in [5.74, 6) is -0.0601. The third-order valence-electron chi connectivity index (χ3n) is 4.23. The minimum absolute atomic E-state index is 0.0601. The number of aryl methyl sites for hydroxylation is 1. The molecule has 2 rings (SSSR count). The van der Waals surface area contributed by atoms with E-state index in [1.807, 2.05) is 19.1 Å². The van der Waals surface area contributed by atoms with Crippen molar-refractivity contribution in [2.75, 3.05) is 13.1 Å². The largest absolute Gasteiger partial charge is 0.350 e. The molecule has 1 atom stereocenters. The molecule has 4 heteroatoms. The van der Waals surface area contributed by atoms with Gasteiger partial charge in [-0.05, 0) is 49.4 Å². The summed E-state index contributed by atoms with van der Waals surface area (Å²) in [5, 5.41) is 7.14. The van der Waals surface area contributed by atoms with Crippen LogP contribution in [0.15, 0.2) is 18.2 Å². The van der Waals surface area contributed by atoms with Crippen molar-refractivity contribution in [3.05, 3.63) is 34.3 Å². The fraction of sp³-hybridized carbons (Fsp3) is 0.562. The third kappa shape index (κ3) is 3.53. The van der Waals surface area contributed by atoms with Crippen molar-refractivity contribution in [1.82, 2.24) is 10.6 Å². The molecule has 1 amide bonds. The van der Waals surface area contributed by atoms with Gasteiger partial charge in [0.2, 0.25) is 0 Å². The zero-order valence-corrected chi connectivity index (χ0v) is 13.2. The molecular formula is C16H23ClN2O. The van der Waals surface area contributed by atoms with Gasteiger partial charge in [0.1, 0.15) is 0 Å². The average Bonchev–Trinajstić information content (AvgIpc) is 2.40. The minimum Gasteiger partial charge on any atom is -0.350 e. The van der Waals surface area contributed by atoms with Crippen LogP contribution in [-0.4, -0.2) is 25.0 Å². The van der Waals surface area contributed by atoms with Gasteiger partial charge in [0.15, 0.2) is 0 Å². The lowest BCUT2D eigenvalue weighted by atomic mass is 9.77. The molecule has 1 aliphatic rings. The Kier molecular flexibility index (Phi) is 4.71. The van der Waals surface area contributed by atoms with Crippen molar-refractivity contribution < 1.29 is 4.79 Å². The van der Waals surface area contributed by atoms with Gasteiger partial charge in [0.25, 0.3) is 5.91 Å². The number of hydrogen-bond acceptors (Lipinski definition) is 2. The van der Waals surface area contributed by atoms with Crippen LogP contribution in [0.2, 0.25) is 5.02 Å². The van der Waals surface area contributed by atoms with Crippen LogP contribution in [0.3, 0.4) is 0 Å². The molecule has 1 aliphatic heterocycles. The SMILES string of the molecule is Cc1ccc(C(=O)NCC2NCCCC2(C)C)cc1Cl. The van der Waals surface area contributed by atoms with E-state index in [0.29, 0.717) is 23.2 Å². The van der Waals surface area contributed by atoms with E-state index in [-0.39, 0.29) is 11.3 Å². The molecule has 0 radical (unpaired) electrons. The predicted molar refractivity (Wildman–Crippen MR) is 83.3 cm³/mol. The van der Waals surface area contributed by atoms with E-state index in [9.17, 15) is 4.79 Å². The highest BCUT2D eigenvalue weighted by Gasteiger charge is 2.31. The highest BCUT2D eigenvalue weighted by molar-refractivity contribution is 6.31. The number of rotatable bonds is 3. The summed E-state index contributed by atoms with van der Waals surface area (Å²) in [5.41, 5.74) is 1.82. The molecule has 1 aromatic carbocycles. The van der Waals surface area contributed by atoms with Crippen molar-refractivity contribution >= 4 is 17.5 Å². The number of piperidine rings is 1. The van der Waals surface area contributed by atoms with E-state index in [1.54, 1.807) is 6.07 Å². The van der Waals surface area contributed by atoms with E-state index in [0.717, 1.165) is 12.1 Å². The second kappa shape index (κ2) is 6.15. The van der Waals surface area contributed by atoms with Crippen molar-refractivity contribution in [2.24, 2.45) is 5.41 Å². The number of carbonyl (C=O) groups excluding carboxylic acids is 1. The van der Waals surface area contributed by atoms with E-state index >= 15 is 0 Å². The van der Waals surface area contributed by atoms with Crippen LogP contribution in [0.1, 0.15) is 42.6 Å². The molecule has 110 valence electrons. The first-order valence-corrected chi connectivity index (χ1v) is 7.56. The van der Waals surface area contributed by atoms with Crippen LogP contribution in [0.4, 0.5) is 0 Å². The maximum Gasteiger partial charge on any atom is 0.251 e. The van der Waals surface area contributed by atoms with Gasteiger partial charge in [-0.15, -0.1) is 0 Å². The van der Waals surface area contributed by atoms with Crippen molar-refractivity contribution in [2.45, 2.75) is 39.7 Å². The molecule has 0 spiro atoms. The first-order valence-electron chi connectivity index (χ1n) is 7.18. The van der Waals surface area contributed by atoms with Crippen LogP contribution in [0.5, 0.6) is 0 Å². The van der Waals surface area contributed by atoms with Gasteiger partial charge in [0, 0.05) is 23.2 Å². The van der Waals surface area contributed by atoms with Crippen molar-refractivity contribution in [1.29, 1.82) is 0 Å².